The zero-order chi connectivity index (χ0) is 13.7. The topological polar surface area (TPSA) is 32.3 Å². The zero-order valence-electron chi connectivity index (χ0n) is 10.8. The summed E-state index contributed by atoms with van der Waals surface area (Å²) in [5.74, 6) is -0.274. The standard InChI is InChI=1S/C13H18BrFN2O/c1-4-17(5-2)13(18)9(3)16-10-6-7-12(15)11(14)8-10/h6-9,16H,4-5H2,1-3H3. The molecule has 0 saturated carbocycles. The Morgan fingerprint density at radius 3 is 2.56 bits per heavy atom. The van der Waals surface area contributed by atoms with E-state index in [1.807, 2.05) is 13.8 Å². The first kappa shape index (κ1) is 15.0. The fourth-order valence-electron chi connectivity index (χ4n) is 1.71. The highest BCUT2D eigenvalue weighted by Gasteiger charge is 2.17. The fraction of sp³-hybridized carbons (Fsp3) is 0.462. The molecule has 1 aromatic carbocycles. The number of nitrogens with zero attached hydrogens (tertiary/aromatic N) is 1. The molecule has 3 nitrogen and oxygen atoms in total. The second-order valence-corrected chi connectivity index (χ2v) is 4.86. The average Bonchev–Trinajstić information content (AvgIpc) is 2.35. The Balaban J connectivity index is 2.71. The van der Waals surface area contributed by atoms with Crippen LogP contribution in [0.5, 0.6) is 0 Å². The lowest BCUT2D eigenvalue weighted by Crippen LogP contribution is -2.41. The van der Waals surface area contributed by atoms with Crippen LogP contribution in [0.1, 0.15) is 20.8 Å². The lowest BCUT2D eigenvalue weighted by atomic mass is 10.2. The van der Waals surface area contributed by atoms with Crippen molar-refractivity contribution in [1.29, 1.82) is 0 Å². The molecule has 100 valence electrons. The predicted molar refractivity (Wildman–Crippen MR) is 75.1 cm³/mol. The van der Waals surface area contributed by atoms with Gasteiger partial charge >= 0.3 is 0 Å². The van der Waals surface area contributed by atoms with Gasteiger partial charge in [-0.1, -0.05) is 0 Å². The van der Waals surface area contributed by atoms with E-state index in [4.69, 9.17) is 0 Å². The SMILES string of the molecule is CCN(CC)C(=O)C(C)Nc1ccc(F)c(Br)c1. The molecular formula is C13H18BrFN2O. The van der Waals surface area contributed by atoms with Gasteiger partial charge in [0.2, 0.25) is 5.91 Å². The maximum absolute atomic E-state index is 13.1. The first-order chi connectivity index (χ1) is 8.49. The van der Waals surface area contributed by atoms with Crippen LogP contribution in [0.3, 0.4) is 0 Å². The van der Waals surface area contributed by atoms with Crippen molar-refractivity contribution in [2.45, 2.75) is 26.8 Å². The molecule has 1 N–H and O–H groups in total. The van der Waals surface area contributed by atoms with Crippen LogP contribution in [-0.4, -0.2) is 29.9 Å². The van der Waals surface area contributed by atoms with E-state index in [0.717, 1.165) is 5.69 Å². The van der Waals surface area contributed by atoms with Gasteiger partial charge < -0.3 is 10.2 Å². The summed E-state index contributed by atoms with van der Waals surface area (Å²) in [7, 11) is 0. The molecule has 0 fully saturated rings. The summed E-state index contributed by atoms with van der Waals surface area (Å²) in [6.07, 6.45) is 0. The number of carbonyl (C=O) groups excluding carboxylic acids is 1. The van der Waals surface area contributed by atoms with E-state index in [1.165, 1.54) is 6.07 Å². The number of nitrogens with one attached hydrogen (secondary N) is 1. The summed E-state index contributed by atoms with van der Waals surface area (Å²) in [5.41, 5.74) is 0.719. The molecule has 0 aliphatic carbocycles. The number of halogens is 2. The number of hydrogen-bond donors (Lipinski definition) is 1. The maximum atomic E-state index is 13.1. The highest BCUT2D eigenvalue weighted by molar-refractivity contribution is 9.10. The number of benzene rings is 1. The molecule has 1 unspecified atom stereocenters. The molecule has 0 aliphatic heterocycles. The largest absolute Gasteiger partial charge is 0.374 e. The van der Waals surface area contributed by atoms with Gasteiger partial charge in [0.1, 0.15) is 11.9 Å². The van der Waals surface area contributed by atoms with E-state index in [1.54, 1.807) is 24.0 Å². The third-order valence-electron chi connectivity index (χ3n) is 2.75. The first-order valence-corrected chi connectivity index (χ1v) is 6.79. The third-order valence-corrected chi connectivity index (χ3v) is 3.36. The Hall–Kier alpha value is -1.10. The molecule has 1 amide bonds. The predicted octanol–water partition coefficient (Wildman–Crippen LogP) is 3.26. The molecule has 1 atom stereocenters. The van der Waals surface area contributed by atoms with E-state index in [-0.39, 0.29) is 17.8 Å². The summed E-state index contributed by atoms with van der Waals surface area (Å²) >= 11 is 3.12. The van der Waals surface area contributed by atoms with Crippen molar-refractivity contribution in [2.24, 2.45) is 0 Å². The second-order valence-electron chi connectivity index (χ2n) is 4.01. The zero-order valence-corrected chi connectivity index (χ0v) is 12.4. The third kappa shape index (κ3) is 3.70. The van der Waals surface area contributed by atoms with Crippen molar-refractivity contribution in [3.63, 3.8) is 0 Å². The molecule has 0 bridgehead atoms. The van der Waals surface area contributed by atoms with Crippen LogP contribution in [-0.2, 0) is 4.79 Å². The van der Waals surface area contributed by atoms with Gasteiger partial charge in [0.05, 0.1) is 4.47 Å². The number of carbonyl (C=O) groups is 1. The average molecular weight is 317 g/mol. The molecule has 18 heavy (non-hydrogen) atoms. The van der Waals surface area contributed by atoms with Gasteiger partial charge in [-0.15, -0.1) is 0 Å². The molecule has 0 saturated heterocycles. The summed E-state index contributed by atoms with van der Waals surface area (Å²) < 4.78 is 13.5. The number of hydrogen-bond acceptors (Lipinski definition) is 2. The lowest BCUT2D eigenvalue weighted by Gasteiger charge is -2.24. The Morgan fingerprint density at radius 1 is 1.44 bits per heavy atom. The van der Waals surface area contributed by atoms with Gasteiger partial charge in [-0.25, -0.2) is 4.39 Å². The maximum Gasteiger partial charge on any atom is 0.244 e. The van der Waals surface area contributed by atoms with Crippen LogP contribution in [0.15, 0.2) is 22.7 Å². The number of anilines is 1. The number of amides is 1. The second kappa shape index (κ2) is 6.73. The summed E-state index contributed by atoms with van der Waals surface area (Å²) in [6, 6.07) is 4.27. The molecule has 0 spiro atoms. The lowest BCUT2D eigenvalue weighted by molar-refractivity contribution is -0.131. The Bertz CT molecular complexity index is 421. The van der Waals surface area contributed by atoms with Crippen molar-refractivity contribution in [3.05, 3.63) is 28.5 Å². The van der Waals surface area contributed by atoms with Crippen molar-refractivity contribution < 1.29 is 9.18 Å². The minimum Gasteiger partial charge on any atom is -0.374 e. The minimum atomic E-state index is -0.331. The van der Waals surface area contributed by atoms with E-state index in [9.17, 15) is 9.18 Å². The molecule has 0 heterocycles. The molecule has 1 aromatic rings. The van der Waals surface area contributed by atoms with E-state index in [0.29, 0.717) is 17.6 Å². The normalized spacial score (nSPS) is 12.1. The number of likely N-dealkylation sites (N-methyl/N-ethyl adjacent to an activating group) is 1. The molecule has 0 radical (unpaired) electrons. The monoisotopic (exact) mass is 316 g/mol. The summed E-state index contributed by atoms with van der Waals surface area (Å²) in [4.78, 5) is 13.8. The Morgan fingerprint density at radius 2 is 2.06 bits per heavy atom. The Kier molecular flexibility index (Phi) is 5.59. The Labute approximate surface area is 115 Å². The highest BCUT2D eigenvalue weighted by Crippen LogP contribution is 2.20. The number of rotatable bonds is 5. The fourth-order valence-corrected chi connectivity index (χ4v) is 2.09. The minimum absolute atomic E-state index is 0.0421. The van der Waals surface area contributed by atoms with Crippen LogP contribution >= 0.6 is 15.9 Å². The highest BCUT2D eigenvalue weighted by atomic mass is 79.9. The van der Waals surface area contributed by atoms with Crippen LogP contribution in [0.25, 0.3) is 0 Å². The van der Waals surface area contributed by atoms with Crippen molar-refractivity contribution >= 4 is 27.5 Å². The van der Waals surface area contributed by atoms with Crippen LogP contribution in [0.2, 0.25) is 0 Å². The van der Waals surface area contributed by atoms with Gasteiger partial charge in [0.25, 0.3) is 0 Å². The van der Waals surface area contributed by atoms with E-state index >= 15 is 0 Å². The summed E-state index contributed by atoms with van der Waals surface area (Å²) in [6.45, 7) is 7.08. The van der Waals surface area contributed by atoms with Gasteiger partial charge in [-0.2, -0.15) is 0 Å². The van der Waals surface area contributed by atoms with Gasteiger partial charge in [-0.05, 0) is 54.9 Å². The van der Waals surface area contributed by atoms with Crippen LogP contribution in [0.4, 0.5) is 10.1 Å². The summed E-state index contributed by atoms with van der Waals surface area (Å²) in [5, 5.41) is 3.07. The molecule has 0 aliphatic rings. The van der Waals surface area contributed by atoms with E-state index in [2.05, 4.69) is 21.2 Å². The van der Waals surface area contributed by atoms with Gasteiger partial charge in [0, 0.05) is 18.8 Å². The molecule has 0 aromatic heterocycles. The quantitative estimate of drug-likeness (QED) is 0.904. The first-order valence-electron chi connectivity index (χ1n) is 6.00. The van der Waals surface area contributed by atoms with Crippen molar-refractivity contribution in [1.82, 2.24) is 4.90 Å². The smallest absolute Gasteiger partial charge is 0.244 e. The van der Waals surface area contributed by atoms with Crippen LogP contribution in [0, 0.1) is 5.82 Å². The van der Waals surface area contributed by atoms with Gasteiger partial charge in [-0.3, -0.25) is 4.79 Å². The van der Waals surface area contributed by atoms with Crippen molar-refractivity contribution in [3.8, 4) is 0 Å². The molecule has 5 heteroatoms. The van der Waals surface area contributed by atoms with E-state index < -0.39 is 0 Å². The molecule has 1 rings (SSSR count). The van der Waals surface area contributed by atoms with Crippen LogP contribution < -0.4 is 5.32 Å². The van der Waals surface area contributed by atoms with Crippen molar-refractivity contribution in [2.75, 3.05) is 18.4 Å². The molecular weight excluding hydrogens is 299 g/mol. The van der Waals surface area contributed by atoms with Gasteiger partial charge in [0.15, 0.2) is 0 Å².